The Labute approximate surface area is 114 Å². The summed E-state index contributed by atoms with van der Waals surface area (Å²) in [5.74, 6) is 0.422. The summed E-state index contributed by atoms with van der Waals surface area (Å²) in [5, 5.41) is 0. The van der Waals surface area contributed by atoms with Gasteiger partial charge in [0.05, 0.1) is 11.5 Å². The highest BCUT2D eigenvalue weighted by Crippen LogP contribution is 2.25. The second-order valence-electron chi connectivity index (χ2n) is 5.43. The van der Waals surface area contributed by atoms with Crippen LogP contribution >= 0.6 is 0 Å². The van der Waals surface area contributed by atoms with Crippen molar-refractivity contribution in [3.63, 3.8) is 0 Å². The third-order valence-corrected chi connectivity index (χ3v) is 5.31. The molecule has 4 heteroatoms. The van der Waals surface area contributed by atoms with Crippen LogP contribution in [-0.4, -0.2) is 20.0 Å². The van der Waals surface area contributed by atoms with E-state index in [4.69, 9.17) is 0 Å². The minimum atomic E-state index is -3.11. The molecular weight excluding hydrogens is 260 g/mol. The molecule has 19 heavy (non-hydrogen) atoms. The first-order chi connectivity index (χ1) is 8.96. The largest absolute Gasteiger partial charge is 0.299 e. The Morgan fingerprint density at radius 1 is 1.32 bits per heavy atom. The molecule has 104 valence electrons. The van der Waals surface area contributed by atoms with E-state index in [1.165, 1.54) is 0 Å². The summed E-state index contributed by atoms with van der Waals surface area (Å²) in [6.07, 6.45) is 2.90. The molecule has 0 heterocycles. The summed E-state index contributed by atoms with van der Waals surface area (Å²) < 4.78 is 24.1. The number of rotatable bonds is 5. The standard InChI is InChI=1S/C15H20O3S/c1-12-4-2-5-13(10-12)11-19(17,18)9-8-14-6-3-7-15(14)16/h2,4-5,10,14H,3,6-9,11H2,1H3. The van der Waals surface area contributed by atoms with Gasteiger partial charge in [0, 0.05) is 12.3 Å². The van der Waals surface area contributed by atoms with Gasteiger partial charge >= 0.3 is 0 Å². The van der Waals surface area contributed by atoms with Gasteiger partial charge in [-0.15, -0.1) is 0 Å². The van der Waals surface area contributed by atoms with Crippen molar-refractivity contribution in [1.82, 2.24) is 0 Å². The number of Topliss-reactive ketones (excluding diaryl/α,β-unsaturated/α-hetero) is 1. The molecule has 2 rings (SSSR count). The average Bonchev–Trinajstić information content (AvgIpc) is 2.72. The predicted octanol–water partition coefficient (Wildman–Crippen LogP) is 2.67. The van der Waals surface area contributed by atoms with Crippen molar-refractivity contribution in [2.75, 3.05) is 5.75 Å². The predicted molar refractivity (Wildman–Crippen MR) is 75.6 cm³/mol. The van der Waals surface area contributed by atoms with Crippen LogP contribution in [0.5, 0.6) is 0 Å². The van der Waals surface area contributed by atoms with E-state index in [0.29, 0.717) is 12.8 Å². The second-order valence-corrected chi connectivity index (χ2v) is 7.61. The van der Waals surface area contributed by atoms with Gasteiger partial charge in [0.2, 0.25) is 0 Å². The molecule has 0 spiro atoms. The third-order valence-electron chi connectivity index (χ3n) is 3.68. The van der Waals surface area contributed by atoms with Crippen LogP contribution in [0.1, 0.15) is 36.8 Å². The van der Waals surface area contributed by atoms with Crippen LogP contribution < -0.4 is 0 Å². The van der Waals surface area contributed by atoms with Gasteiger partial charge in [-0.2, -0.15) is 0 Å². The molecule has 1 aliphatic rings. The molecule has 0 aliphatic heterocycles. The fourth-order valence-electron chi connectivity index (χ4n) is 2.64. The number of benzene rings is 1. The van der Waals surface area contributed by atoms with E-state index in [9.17, 15) is 13.2 Å². The van der Waals surface area contributed by atoms with Crippen molar-refractivity contribution < 1.29 is 13.2 Å². The van der Waals surface area contributed by atoms with E-state index >= 15 is 0 Å². The van der Waals surface area contributed by atoms with Gasteiger partial charge in [0.15, 0.2) is 9.84 Å². The van der Waals surface area contributed by atoms with Crippen LogP contribution in [0.2, 0.25) is 0 Å². The second kappa shape index (κ2) is 5.87. The van der Waals surface area contributed by atoms with Crippen LogP contribution in [0, 0.1) is 12.8 Å². The summed E-state index contributed by atoms with van der Waals surface area (Å²) in [6, 6.07) is 7.57. The Hall–Kier alpha value is -1.16. The smallest absolute Gasteiger partial charge is 0.154 e. The fraction of sp³-hybridized carbons (Fsp3) is 0.533. The first-order valence-corrected chi connectivity index (χ1v) is 8.57. The number of hydrogen-bond acceptors (Lipinski definition) is 3. The fourth-order valence-corrected chi connectivity index (χ4v) is 4.12. The molecule has 1 atom stereocenters. The van der Waals surface area contributed by atoms with Crippen LogP contribution in [0.25, 0.3) is 0 Å². The number of ketones is 1. The number of carbonyl (C=O) groups excluding carboxylic acids is 1. The van der Waals surface area contributed by atoms with Crippen molar-refractivity contribution in [1.29, 1.82) is 0 Å². The Morgan fingerprint density at radius 3 is 2.74 bits per heavy atom. The Kier molecular flexibility index (Phi) is 4.40. The highest BCUT2D eigenvalue weighted by atomic mass is 32.2. The van der Waals surface area contributed by atoms with Crippen molar-refractivity contribution in [2.24, 2.45) is 5.92 Å². The summed E-state index contributed by atoms with van der Waals surface area (Å²) in [4.78, 5) is 11.5. The first-order valence-electron chi connectivity index (χ1n) is 6.75. The van der Waals surface area contributed by atoms with Gasteiger partial charge in [-0.25, -0.2) is 8.42 Å². The van der Waals surface area contributed by atoms with Gasteiger partial charge in [-0.1, -0.05) is 29.8 Å². The zero-order chi connectivity index (χ0) is 13.9. The lowest BCUT2D eigenvalue weighted by Gasteiger charge is -2.09. The van der Waals surface area contributed by atoms with E-state index in [-0.39, 0.29) is 23.2 Å². The van der Waals surface area contributed by atoms with Crippen LogP contribution in [0.4, 0.5) is 0 Å². The SMILES string of the molecule is Cc1cccc(CS(=O)(=O)CCC2CCCC2=O)c1. The average molecular weight is 280 g/mol. The Bertz CT molecular complexity index is 561. The molecule has 1 unspecified atom stereocenters. The number of sulfone groups is 1. The molecule has 0 amide bonds. The summed E-state index contributed by atoms with van der Waals surface area (Å²) >= 11 is 0. The van der Waals surface area contributed by atoms with Crippen LogP contribution in [0.15, 0.2) is 24.3 Å². The highest BCUT2D eigenvalue weighted by Gasteiger charge is 2.26. The summed E-state index contributed by atoms with van der Waals surface area (Å²) in [7, 11) is -3.11. The van der Waals surface area contributed by atoms with E-state index in [2.05, 4.69) is 0 Å². The lowest BCUT2D eigenvalue weighted by Crippen LogP contribution is -2.15. The minimum Gasteiger partial charge on any atom is -0.299 e. The summed E-state index contributed by atoms with van der Waals surface area (Å²) in [5.41, 5.74) is 1.90. The van der Waals surface area contributed by atoms with Gasteiger partial charge in [-0.05, 0) is 31.7 Å². The monoisotopic (exact) mass is 280 g/mol. The van der Waals surface area contributed by atoms with Gasteiger partial charge in [-0.3, -0.25) is 4.79 Å². The lowest BCUT2D eigenvalue weighted by atomic mass is 10.1. The zero-order valence-corrected chi connectivity index (χ0v) is 12.1. The minimum absolute atomic E-state index is 0.0210. The van der Waals surface area contributed by atoms with Crippen molar-refractivity contribution in [2.45, 2.75) is 38.4 Å². The quantitative estimate of drug-likeness (QED) is 0.833. The molecule has 0 saturated heterocycles. The van der Waals surface area contributed by atoms with Crippen molar-refractivity contribution in [3.05, 3.63) is 35.4 Å². The molecule has 0 aromatic heterocycles. The Morgan fingerprint density at radius 2 is 2.11 bits per heavy atom. The molecular formula is C15H20O3S. The number of carbonyl (C=O) groups is 1. The summed E-state index contributed by atoms with van der Waals surface area (Å²) in [6.45, 7) is 1.95. The molecule has 1 aromatic rings. The maximum Gasteiger partial charge on any atom is 0.154 e. The van der Waals surface area contributed by atoms with Gasteiger partial charge in [0.1, 0.15) is 5.78 Å². The number of hydrogen-bond donors (Lipinski definition) is 0. The molecule has 1 aliphatic carbocycles. The van der Waals surface area contributed by atoms with Gasteiger partial charge < -0.3 is 0 Å². The normalized spacial score (nSPS) is 19.8. The van der Waals surface area contributed by atoms with E-state index < -0.39 is 9.84 Å². The maximum absolute atomic E-state index is 12.1. The molecule has 1 saturated carbocycles. The van der Waals surface area contributed by atoms with E-state index in [1.54, 1.807) is 0 Å². The molecule has 1 aromatic carbocycles. The number of aryl methyl sites for hydroxylation is 1. The molecule has 0 radical (unpaired) electrons. The maximum atomic E-state index is 12.1. The first kappa shape index (κ1) is 14.3. The van der Waals surface area contributed by atoms with E-state index in [0.717, 1.165) is 24.0 Å². The third kappa shape index (κ3) is 4.16. The van der Waals surface area contributed by atoms with Crippen molar-refractivity contribution in [3.8, 4) is 0 Å². The van der Waals surface area contributed by atoms with E-state index in [1.807, 2.05) is 31.2 Å². The molecule has 0 N–H and O–H groups in total. The zero-order valence-electron chi connectivity index (χ0n) is 11.3. The Balaban J connectivity index is 1.93. The molecule has 3 nitrogen and oxygen atoms in total. The van der Waals surface area contributed by atoms with Crippen molar-refractivity contribution >= 4 is 15.6 Å². The van der Waals surface area contributed by atoms with Crippen LogP contribution in [0.3, 0.4) is 0 Å². The lowest BCUT2D eigenvalue weighted by molar-refractivity contribution is -0.120. The molecule has 1 fully saturated rings. The van der Waals surface area contributed by atoms with Crippen LogP contribution in [-0.2, 0) is 20.4 Å². The molecule has 0 bridgehead atoms. The van der Waals surface area contributed by atoms with Gasteiger partial charge in [0.25, 0.3) is 0 Å². The topological polar surface area (TPSA) is 51.2 Å². The highest BCUT2D eigenvalue weighted by molar-refractivity contribution is 7.90.